The lowest BCUT2D eigenvalue weighted by atomic mass is 10.1. The third-order valence-electron chi connectivity index (χ3n) is 6.83. The summed E-state index contributed by atoms with van der Waals surface area (Å²) in [5, 5.41) is 55.6. The van der Waals surface area contributed by atoms with Crippen molar-refractivity contribution in [3.8, 4) is 0 Å². The number of rotatable bonds is 5. The van der Waals surface area contributed by atoms with Crippen molar-refractivity contribution in [2.24, 2.45) is 0 Å². The maximum atomic E-state index is 12.6. The van der Waals surface area contributed by atoms with E-state index in [0.29, 0.717) is 32.5 Å². The number of halogens is 2. The van der Waals surface area contributed by atoms with E-state index < -0.39 is 54.6 Å². The van der Waals surface area contributed by atoms with Crippen molar-refractivity contribution in [1.29, 1.82) is 0 Å². The number of ether oxygens (including phenoxy) is 1. The summed E-state index contributed by atoms with van der Waals surface area (Å²) in [5.41, 5.74) is 0.554. The molecule has 0 aliphatic carbocycles. The number of nitrogens with zero attached hydrogens (tertiary/aromatic N) is 1. The van der Waals surface area contributed by atoms with E-state index in [2.05, 4.69) is 0 Å². The monoisotopic (exact) mass is 711 g/mol. The number of carboxylic acids is 3. The highest BCUT2D eigenvalue weighted by molar-refractivity contribution is 6.42. The van der Waals surface area contributed by atoms with Crippen LogP contribution in [0, 0.1) is 0 Å². The first-order valence-corrected chi connectivity index (χ1v) is 15.1. The second kappa shape index (κ2) is 18.5. The molecule has 49 heavy (non-hydrogen) atoms. The van der Waals surface area contributed by atoms with E-state index in [9.17, 15) is 29.4 Å². The molecule has 1 saturated heterocycles. The van der Waals surface area contributed by atoms with Gasteiger partial charge in [-0.3, -0.25) is 9.36 Å². The quantitative estimate of drug-likeness (QED) is 0.142. The summed E-state index contributed by atoms with van der Waals surface area (Å²) in [7, 11) is 0. The van der Waals surface area contributed by atoms with Gasteiger partial charge in [-0.15, -0.1) is 0 Å². The summed E-state index contributed by atoms with van der Waals surface area (Å²) >= 11 is 11.9. The van der Waals surface area contributed by atoms with Gasteiger partial charge in [-0.05, 0) is 60.0 Å². The summed E-state index contributed by atoms with van der Waals surface area (Å²) in [6.07, 6.45) is -3.19. The highest BCUT2D eigenvalue weighted by Gasteiger charge is 2.43. The first kappa shape index (κ1) is 38.4. The molecule has 6 rings (SSSR count). The Morgan fingerprint density at radius 1 is 0.653 bits per heavy atom. The molecule has 0 bridgehead atoms. The molecule has 4 aromatic carbocycles. The SMILES string of the molecule is O=C(O)c1ccccc1.O=C(O)c1ccccc1.O=C(O)c1ccccc1.O=c1c2cc(Cl)c(Cl)cc2ccn1[C@@H]1O[C@H](CO)[C@@H](O)[C@H]1O. The summed E-state index contributed by atoms with van der Waals surface area (Å²) in [6, 6.07) is 29.5. The number of fused-ring (bicyclic) bond motifs is 1. The molecule has 0 saturated carbocycles. The summed E-state index contributed by atoms with van der Waals surface area (Å²) in [4.78, 5) is 43.2. The molecular formula is C35H31Cl2NO11. The highest BCUT2D eigenvalue weighted by Crippen LogP contribution is 2.30. The van der Waals surface area contributed by atoms with Gasteiger partial charge in [0.25, 0.3) is 5.56 Å². The number of aliphatic hydroxyl groups is 3. The van der Waals surface area contributed by atoms with E-state index in [1.807, 2.05) is 0 Å². The van der Waals surface area contributed by atoms with Crippen LogP contribution in [-0.4, -0.2) is 78.0 Å². The molecule has 12 nitrogen and oxygen atoms in total. The average Bonchev–Trinajstić information content (AvgIpc) is 3.40. The van der Waals surface area contributed by atoms with Gasteiger partial charge in [0.1, 0.15) is 18.3 Å². The van der Waals surface area contributed by atoms with Crippen molar-refractivity contribution < 1.29 is 49.8 Å². The molecule has 1 aliphatic rings. The highest BCUT2D eigenvalue weighted by atomic mass is 35.5. The zero-order chi connectivity index (χ0) is 36.1. The lowest BCUT2D eigenvalue weighted by Crippen LogP contribution is -2.35. The number of carboxylic acid groups (broad SMARTS) is 3. The normalized spacial score (nSPS) is 17.7. The van der Waals surface area contributed by atoms with E-state index in [1.54, 1.807) is 103 Å². The van der Waals surface area contributed by atoms with Crippen LogP contribution in [0.5, 0.6) is 0 Å². The van der Waals surface area contributed by atoms with Gasteiger partial charge in [0, 0.05) is 11.6 Å². The Balaban J connectivity index is 0.000000199. The van der Waals surface area contributed by atoms with Crippen molar-refractivity contribution in [1.82, 2.24) is 4.57 Å². The van der Waals surface area contributed by atoms with Crippen LogP contribution in [0.15, 0.2) is 120 Å². The molecule has 1 aliphatic heterocycles. The topological polar surface area (TPSA) is 204 Å². The van der Waals surface area contributed by atoms with E-state index >= 15 is 0 Å². The molecular weight excluding hydrogens is 681 g/mol. The predicted molar refractivity (Wildman–Crippen MR) is 181 cm³/mol. The fourth-order valence-electron chi connectivity index (χ4n) is 4.31. The maximum Gasteiger partial charge on any atom is 0.335 e. The number of aliphatic hydroxyl groups excluding tert-OH is 3. The maximum absolute atomic E-state index is 12.6. The van der Waals surface area contributed by atoms with Gasteiger partial charge in [-0.2, -0.15) is 0 Å². The standard InChI is InChI=1S/C14H13Cl2NO5.3C7H6O2/c15-8-3-6-1-2-17(13(21)7(6)4-9(8)16)14-12(20)11(19)10(5-18)22-14;3*8-7(9)6-4-2-1-3-5-6/h1-4,10-12,14,18-20H,5H2;3*1-5H,(H,8,9)/t10-,11-,12-,14-;;;/m1.../s1. The Morgan fingerprint density at radius 2 is 1.06 bits per heavy atom. The Kier molecular flexibility index (Phi) is 14.5. The van der Waals surface area contributed by atoms with Crippen LogP contribution in [0.1, 0.15) is 37.3 Å². The zero-order valence-corrected chi connectivity index (χ0v) is 26.9. The molecule has 1 aromatic heterocycles. The number of aromatic carboxylic acids is 3. The minimum absolute atomic E-state index is 0.241. The molecule has 5 aromatic rings. The minimum atomic E-state index is -1.32. The molecule has 256 valence electrons. The smallest absolute Gasteiger partial charge is 0.335 e. The summed E-state index contributed by atoms with van der Waals surface area (Å²) < 4.78 is 6.52. The van der Waals surface area contributed by atoms with Crippen LogP contribution in [0.2, 0.25) is 10.0 Å². The van der Waals surface area contributed by atoms with Gasteiger partial charge in [0.05, 0.1) is 33.3 Å². The summed E-state index contributed by atoms with van der Waals surface area (Å²) in [6.45, 7) is -0.460. The Morgan fingerprint density at radius 3 is 1.41 bits per heavy atom. The average molecular weight is 713 g/mol. The fraction of sp³-hybridized carbons (Fsp3) is 0.143. The lowest BCUT2D eigenvalue weighted by Gasteiger charge is -2.18. The van der Waals surface area contributed by atoms with Gasteiger partial charge in [-0.25, -0.2) is 14.4 Å². The Labute approximate surface area is 289 Å². The number of aromatic nitrogens is 1. The number of carbonyl (C=O) groups is 3. The fourth-order valence-corrected chi connectivity index (χ4v) is 4.64. The second-order valence-electron chi connectivity index (χ2n) is 10.1. The van der Waals surface area contributed by atoms with Gasteiger partial charge < -0.3 is 35.4 Å². The minimum Gasteiger partial charge on any atom is -0.478 e. The molecule has 4 atom stereocenters. The number of benzene rings is 4. The lowest BCUT2D eigenvalue weighted by molar-refractivity contribution is -0.0541. The van der Waals surface area contributed by atoms with E-state index in [0.717, 1.165) is 4.57 Å². The van der Waals surface area contributed by atoms with Crippen molar-refractivity contribution in [2.45, 2.75) is 24.5 Å². The first-order valence-electron chi connectivity index (χ1n) is 14.3. The van der Waals surface area contributed by atoms with Crippen molar-refractivity contribution in [3.63, 3.8) is 0 Å². The van der Waals surface area contributed by atoms with Crippen LogP contribution in [0.25, 0.3) is 10.8 Å². The van der Waals surface area contributed by atoms with Gasteiger partial charge >= 0.3 is 17.9 Å². The van der Waals surface area contributed by atoms with Crippen LogP contribution in [-0.2, 0) is 4.74 Å². The van der Waals surface area contributed by atoms with E-state index in [4.69, 9.17) is 48.4 Å². The Bertz CT molecular complexity index is 1790. The molecule has 6 N–H and O–H groups in total. The third-order valence-corrected chi connectivity index (χ3v) is 7.55. The molecule has 0 unspecified atom stereocenters. The van der Waals surface area contributed by atoms with Crippen LogP contribution in [0.3, 0.4) is 0 Å². The number of pyridine rings is 1. The van der Waals surface area contributed by atoms with E-state index in [-0.39, 0.29) is 5.02 Å². The molecule has 0 amide bonds. The van der Waals surface area contributed by atoms with Crippen LogP contribution < -0.4 is 5.56 Å². The van der Waals surface area contributed by atoms with Crippen LogP contribution >= 0.6 is 23.2 Å². The number of hydrogen-bond acceptors (Lipinski definition) is 8. The molecule has 14 heteroatoms. The zero-order valence-electron chi connectivity index (χ0n) is 25.4. The third kappa shape index (κ3) is 10.7. The first-order chi connectivity index (χ1) is 23.3. The Hall–Kier alpha value is -5.08. The van der Waals surface area contributed by atoms with Gasteiger partial charge in [-0.1, -0.05) is 77.8 Å². The van der Waals surface area contributed by atoms with Gasteiger partial charge in [0.15, 0.2) is 6.23 Å². The second-order valence-corrected chi connectivity index (χ2v) is 10.9. The van der Waals surface area contributed by atoms with Crippen molar-refractivity contribution >= 4 is 51.9 Å². The van der Waals surface area contributed by atoms with Crippen molar-refractivity contribution in [3.05, 3.63) is 152 Å². The van der Waals surface area contributed by atoms with Gasteiger partial charge in [0.2, 0.25) is 0 Å². The van der Waals surface area contributed by atoms with Crippen LogP contribution in [0.4, 0.5) is 0 Å². The number of hydrogen-bond donors (Lipinski definition) is 6. The molecule has 1 fully saturated rings. The molecule has 0 spiro atoms. The summed E-state index contributed by atoms with van der Waals surface area (Å²) in [5.74, 6) is -2.64. The molecule has 0 radical (unpaired) electrons. The van der Waals surface area contributed by atoms with E-state index in [1.165, 1.54) is 12.3 Å². The largest absolute Gasteiger partial charge is 0.478 e. The molecule has 2 heterocycles. The predicted octanol–water partition coefficient (Wildman–Crippen LogP) is 5.07. The van der Waals surface area contributed by atoms with Crippen molar-refractivity contribution in [2.75, 3.05) is 6.61 Å².